The molecule has 4 rings (SSSR count). The summed E-state index contributed by atoms with van der Waals surface area (Å²) < 4.78 is 14.7. The van der Waals surface area contributed by atoms with Crippen molar-refractivity contribution in [2.24, 2.45) is 0 Å². The van der Waals surface area contributed by atoms with E-state index in [9.17, 15) is 14.0 Å². The predicted octanol–water partition coefficient (Wildman–Crippen LogP) is 4.32. The van der Waals surface area contributed by atoms with Crippen LogP contribution in [-0.4, -0.2) is 15.5 Å². The van der Waals surface area contributed by atoms with Crippen molar-refractivity contribution in [2.75, 3.05) is 0 Å². The van der Waals surface area contributed by atoms with E-state index in [1.165, 1.54) is 29.5 Å². The quantitative estimate of drug-likeness (QED) is 0.459. The minimum absolute atomic E-state index is 0.0393. The van der Waals surface area contributed by atoms with Crippen LogP contribution in [0.3, 0.4) is 0 Å². The molecular formula is C25H22FN3O2S. The summed E-state index contributed by atoms with van der Waals surface area (Å²) in [5.41, 5.74) is 3.58. The lowest BCUT2D eigenvalue weighted by Gasteiger charge is -2.08. The van der Waals surface area contributed by atoms with E-state index in [1.54, 1.807) is 29.0 Å². The smallest absolute Gasteiger partial charge is 0.263 e. The maximum Gasteiger partial charge on any atom is 0.263 e. The lowest BCUT2D eigenvalue weighted by Crippen LogP contribution is -2.22. The molecule has 2 aromatic heterocycles. The molecule has 5 nitrogen and oxygen atoms in total. The van der Waals surface area contributed by atoms with E-state index in [1.807, 2.05) is 37.3 Å². The third-order valence-electron chi connectivity index (χ3n) is 5.04. The number of halogens is 1. The van der Waals surface area contributed by atoms with E-state index in [0.717, 1.165) is 21.7 Å². The summed E-state index contributed by atoms with van der Waals surface area (Å²) in [5, 5.41) is 3.76. The molecule has 7 heteroatoms. The highest BCUT2D eigenvalue weighted by Crippen LogP contribution is 2.21. The summed E-state index contributed by atoms with van der Waals surface area (Å²) in [7, 11) is 0. The van der Waals surface area contributed by atoms with Gasteiger partial charge in [-0.05, 0) is 41.8 Å². The molecule has 0 saturated carbocycles. The average molecular weight is 448 g/mol. The lowest BCUT2D eigenvalue weighted by molar-refractivity contribution is 0.0954. The maximum atomic E-state index is 13.1. The largest absolute Gasteiger partial charge is 0.347 e. The molecule has 2 aromatic carbocycles. The second-order valence-corrected chi connectivity index (χ2v) is 8.57. The monoisotopic (exact) mass is 447 g/mol. The second-order valence-electron chi connectivity index (χ2n) is 7.49. The van der Waals surface area contributed by atoms with Crippen LogP contribution >= 0.6 is 11.3 Å². The Labute approximate surface area is 189 Å². The highest BCUT2D eigenvalue weighted by atomic mass is 32.1. The van der Waals surface area contributed by atoms with E-state index in [4.69, 9.17) is 0 Å². The van der Waals surface area contributed by atoms with E-state index in [2.05, 4.69) is 10.3 Å². The Bertz CT molecular complexity index is 1280. The zero-order valence-corrected chi connectivity index (χ0v) is 18.4. The van der Waals surface area contributed by atoms with Gasteiger partial charge in [0.05, 0.1) is 17.2 Å². The minimum atomic E-state index is -0.272. The zero-order valence-electron chi connectivity index (χ0n) is 17.5. The summed E-state index contributed by atoms with van der Waals surface area (Å²) in [6, 6.07) is 19.2. The average Bonchev–Trinajstić information content (AvgIpc) is 3.16. The first-order valence-corrected chi connectivity index (χ1v) is 11.0. The van der Waals surface area contributed by atoms with Crippen molar-refractivity contribution in [3.8, 4) is 0 Å². The van der Waals surface area contributed by atoms with Crippen LogP contribution < -0.4 is 10.9 Å². The topological polar surface area (TPSA) is 64.0 Å². The first-order valence-electron chi connectivity index (χ1n) is 10.2. The first-order chi connectivity index (χ1) is 15.5. The number of hydrogen-bond acceptors (Lipinski definition) is 4. The minimum Gasteiger partial charge on any atom is -0.347 e. The molecule has 0 spiro atoms. The Morgan fingerprint density at radius 2 is 1.69 bits per heavy atom. The van der Waals surface area contributed by atoms with Gasteiger partial charge in [0, 0.05) is 25.2 Å². The molecule has 0 fully saturated rings. The van der Waals surface area contributed by atoms with Crippen LogP contribution in [0.4, 0.5) is 4.39 Å². The Morgan fingerprint density at radius 3 is 2.41 bits per heavy atom. The van der Waals surface area contributed by atoms with Crippen LogP contribution in [0, 0.1) is 12.7 Å². The van der Waals surface area contributed by atoms with Gasteiger partial charge in [-0.1, -0.05) is 42.5 Å². The number of pyridine rings is 1. The van der Waals surface area contributed by atoms with E-state index < -0.39 is 0 Å². The number of nitrogens with zero attached hydrogens (tertiary/aromatic N) is 2. The molecule has 162 valence electrons. The van der Waals surface area contributed by atoms with Crippen LogP contribution in [0.1, 0.15) is 37.1 Å². The Kier molecular flexibility index (Phi) is 6.56. The highest BCUT2D eigenvalue weighted by Gasteiger charge is 2.15. The lowest BCUT2D eigenvalue weighted by atomic mass is 10.1. The van der Waals surface area contributed by atoms with Crippen LogP contribution in [0.15, 0.2) is 77.7 Å². The number of aromatic nitrogens is 2. The van der Waals surface area contributed by atoms with Gasteiger partial charge in [-0.3, -0.25) is 9.59 Å². The maximum absolute atomic E-state index is 13.1. The van der Waals surface area contributed by atoms with Crippen molar-refractivity contribution in [1.29, 1.82) is 0 Å². The molecule has 4 aromatic rings. The molecule has 0 aliphatic heterocycles. The molecule has 2 heterocycles. The van der Waals surface area contributed by atoms with Gasteiger partial charge in [-0.25, -0.2) is 9.37 Å². The highest BCUT2D eigenvalue weighted by molar-refractivity contribution is 7.13. The number of carbonyl (C=O) groups is 1. The van der Waals surface area contributed by atoms with Gasteiger partial charge in [-0.2, -0.15) is 0 Å². The van der Waals surface area contributed by atoms with Crippen LogP contribution in [0.25, 0.3) is 0 Å². The molecule has 0 atom stereocenters. The number of amides is 1. The second kappa shape index (κ2) is 9.70. The molecule has 1 N–H and O–H groups in total. The molecule has 0 bridgehead atoms. The fraction of sp³-hybridized carbons (Fsp3) is 0.160. The summed E-state index contributed by atoms with van der Waals surface area (Å²) in [4.78, 5) is 29.6. The van der Waals surface area contributed by atoms with Crippen LogP contribution in [0.2, 0.25) is 0 Å². The third kappa shape index (κ3) is 5.36. The molecule has 1 amide bonds. The molecule has 0 aliphatic carbocycles. The predicted molar refractivity (Wildman–Crippen MR) is 123 cm³/mol. The Hall–Kier alpha value is -3.58. The third-order valence-corrected chi connectivity index (χ3v) is 6.20. The van der Waals surface area contributed by atoms with Crippen molar-refractivity contribution in [1.82, 2.24) is 14.9 Å². The van der Waals surface area contributed by atoms with Gasteiger partial charge >= 0.3 is 0 Å². The standard InChI is InChI=1S/C25H22FN3O2S/c1-17-24(32-22(28-17)14-18-9-11-21(26)12-10-18)25(31)27-15-19-5-7-20(8-6-19)16-29-13-3-2-4-23(29)30/h2-13H,14-16H2,1H3,(H,27,31). The molecule has 0 saturated heterocycles. The summed E-state index contributed by atoms with van der Waals surface area (Å²) in [5.74, 6) is -0.434. The fourth-order valence-electron chi connectivity index (χ4n) is 3.33. The van der Waals surface area contributed by atoms with Gasteiger partial charge < -0.3 is 9.88 Å². The molecule has 32 heavy (non-hydrogen) atoms. The van der Waals surface area contributed by atoms with Gasteiger partial charge in [-0.15, -0.1) is 11.3 Å². The van der Waals surface area contributed by atoms with Crippen molar-refractivity contribution >= 4 is 17.2 Å². The number of hydrogen-bond donors (Lipinski definition) is 1. The number of rotatable bonds is 7. The number of carbonyl (C=O) groups excluding carboxylic acids is 1. The fourth-order valence-corrected chi connectivity index (χ4v) is 4.34. The van der Waals surface area contributed by atoms with E-state index in [0.29, 0.717) is 30.1 Å². The van der Waals surface area contributed by atoms with E-state index >= 15 is 0 Å². The van der Waals surface area contributed by atoms with Crippen molar-refractivity contribution in [3.05, 3.63) is 121 Å². The van der Waals surface area contributed by atoms with Crippen LogP contribution in [-0.2, 0) is 19.5 Å². The molecule has 0 unspecified atom stereocenters. The first kappa shape index (κ1) is 21.6. The number of benzene rings is 2. The molecular weight excluding hydrogens is 425 g/mol. The van der Waals surface area contributed by atoms with Gasteiger partial charge in [0.1, 0.15) is 10.7 Å². The molecule has 0 aliphatic rings. The summed E-state index contributed by atoms with van der Waals surface area (Å²) in [6.45, 7) is 2.72. The Balaban J connectivity index is 1.35. The van der Waals surface area contributed by atoms with E-state index in [-0.39, 0.29) is 17.3 Å². The SMILES string of the molecule is Cc1nc(Cc2ccc(F)cc2)sc1C(=O)NCc1ccc(Cn2ccccc2=O)cc1. The normalized spacial score (nSPS) is 10.8. The molecule has 0 radical (unpaired) electrons. The number of nitrogens with one attached hydrogen (secondary N) is 1. The number of thiazole rings is 1. The number of aryl methyl sites for hydroxylation is 1. The van der Waals surface area contributed by atoms with Crippen LogP contribution in [0.5, 0.6) is 0 Å². The van der Waals surface area contributed by atoms with Crippen molar-refractivity contribution in [3.63, 3.8) is 0 Å². The van der Waals surface area contributed by atoms with Gasteiger partial charge in [0.2, 0.25) is 0 Å². The summed E-state index contributed by atoms with van der Waals surface area (Å²) >= 11 is 1.36. The zero-order chi connectivity index (χ0) is 22.5. The van der Waals surface area contributed by atoms with Crippen molar-refractivity contribution in [2.45, 2.75) is 26.4 Å². The Morgan fingerprint density at radius 1 is 1.00 bits per heavy atom. The van der Waals surface area contributed by atoms with Gasteiger partial charge in [0.15, 0.2) is 0 Å². The van der Waals surface area contributed by atoms with Gasteiger partial charge in [0.25, 0.3) is 11.5 Å². The summed E-state index contributed by atoms with van der Waals surface area (Å²) in [6.07, 6.45) is 2.32. The van der Waals surface area contributed by atoms with Crippen molar-refractivity contribution < 1.29 is 9.18 Å².